The van der Waals surface area contributed by atoms with Gasteiger partial charge in [-0.05, 0) is 24.5 Å². The maximum atomic E-state index is 12.5. The molecule has 0 aliphatic heterocycles. The van der Waals surface area contributed by atoms with E-state index in [4.69, 9.17) is 10.5 Å². The van der Waals surface area contributed by atoms with Crippen LogP contribution < -0.4 is 5.73 Å². The third kappa shape index (κ3) is 4.62. The zero-order valence-electron chi connectivity index (χ0n) is 12.8. The Bertz CT molecular complexity index is 421. The van der Waals surface area contributed by atoms with E-state index >= 15 is 0 Å². The summed E-state index contributed by atoms with van der Waals surface area (Å²) in [5.41, 5.74) is 7.78. The largest absolute Gasteiger partial charge is 0.383 e. The van der Waals surface area contributed by atoms with Crippen molar-refractivity contribution in [2.45, 2.75) is 39.3 Å². The molecule has 1 atom stereocenters. The van der Waals surface area contributed by atoms with Crippen molar-refractivity contribution in [2.75, 3.05) is 20.3 Å². The SMILES string of the molecule is CCC(C)N(CCOC)C(=O)Cc1ccccc1CN. The van der Waals surface area contributed by atoms with E-state index in [1.807, 2.05) is 29.2 Å². The molecule has 0 saturated carbocycles. The van der Waals surface area contributed by atoms with Gasteiger partial charge in [-0.15, -0.1) is 0 Å². The van der Waals surface area contributed by atoms with E-state index in [0.717, 1.165) is 17.5 Å². The molecule has 112 valence electrons. The molecule has 0 spiro atoms. The number of carbonyl (C=O) groups excluding carboxylic acids is 1. The molecular formula is C16H26N2O2. The van der Waals surface area contributed by atoms with Crippen LogP contribution in [0, 0.1) is 0 Å². The van der Waals surface area contributed by atoms with Crippen molar-refractivity contribution < 1.29 is 9.53 Å². The minimum absolute atomic E-state index is 0.136. The van der Waals surface area contributed by atoms with Gasteiger partial charge < -0.3 is 15.4 Å². The zero-order chi connectivity index (χ0) is 15.0. The van der Waals surface area contributed by atoms with Crippen LogP contribution in [0.15, 0.2) is 24.3 Å². The van der Waals surface area contributed by atoms with Crippen LogP contribution in [0.5, 0.6) is 0 Å². The molecule has 4 heteroatoms. The lowest BCUT2D eigenvalue weighted by Gasteiger charge is -2.28. The topological polar surface area (TPSA) is 55.6 Å². The van der Waals surface area contributed by atoms with Gasteiger partial charge in [0.2, 0.25) is 5.91 Å². The fourth-order valence-corrected chi connectivity index (χ4v) is 2.19. The molecule has 0 saturated heterocycles. The lowest BCUT2D eigenvalue weighted by molar-refractivity contribution is -0.133. The number of nitrogens with two attached hydrogens (primary N) is 1. The van der Waals surface area contributed by atoms with Gasteiger partial charge in [-0.25, -0.2) is 0 Å². The van der Waals surface area contributed by atoms with Crippen molar-refractivity contribution in [1.29, 1.82) is 0 Å². The number of carbonyl (C=O) groups is 1. The van der Waals surface area contributed by atoms with Crippen LogP contribution in [0.1, 0.15) is 31.4 Å². The molecule has 0 bridgehead atoms. The Labute approximate surface area is 121 Å². The highest BCUT2D eigenvalue weighted by molar-refractivity contribution is 5.79. The number of methoxy groups -OCH3 is 1. The quantitative estimate of drug-likeness (QED) is 0.791. The standard InChI is InChI=1S/C16H26N2O2/c1-4-13(2)18(9-10-20-3)16(19)11-14-7-5-6-8-15(14)12-17/h5-8,13H,4,9-12,17H2,1-3H3. The van der Waals surface area contributed by atoms with Gasteiger partial charge in [-0.3, -0.25) is 4.79 Å². The Hall–Kier alpha value is -1.39. The van der Waals surface area contributed by atoms with Gasteiger partial charge in [0.05, 0.1) is 13.0 Å². The molecule has 0 heterocycles. The first-order chi connectivity index (χ1) is 9.63. The maximum Gasteiger partial charge on any atom is 0.227 e. The number of rotatable bonds is 8. The molecule has 20 heavy (non-hydrogen) atoms. The average Bonchev–Trinajstić information content (AvgIpc) is 2.47. The molecule has 2 N–H and O–H groups in total. The first-order valence-corrected chi connectivity index (χ1v) is 7.19. The van der Waals surface area contributed by atoms with Crippen molar-refractivity contribution in [3.05, 3.63) is 35.4 Å². The highest BCUT2D eigenvalue weighted by Gasteiger charge is 2.19. The maximum absolute atomic E-state index is 12.5. The molecule has 0 aliphatic rings. The first kappa shape index (κ1) is 16.7. The third-order valence-corrected chi connectivity index (χ3v) is 3.66. The van der Waals surface area contributed by atoms with Crippen molar-refractivity contribution in [2.24, 2.45) is 5.73 Å². The summed E-state index contributed by atoms with van der Waals surface area (Å²) >= 11 is 0. The molecule has 0 fully saturated rings. The summed E-state index contributed by atoms with van der Waals surface area (Å²) in [6.07, 6.45) is 1.34. The normalized spacial score (nSPS) is 12.2. The van der Waals surface area contributed by atoms with E-state index in [1.54, 1.807) is 7.11 Å². The Morgan fingerprint density at radius 2 is 2.00 bits per heavy atom. The molecule has 1 rings (SSSR count). The summed E-state index contributed by atoms with van der Waals surface area (Å²) in [4.78, 5) is 14.4. The number of amides is 1. The van der Waals surface area contributed by atoms with Gasteiger partial charge >= 0.3 is 0 Å². The Kier molecular flexibility index (Phi) is 7.26. The third-order valence-electron chi connectivity index (χ3n) is 3.66. The molecule has 0 radical (unpaired) electrons. The summed E-state index contributed by atoms with van der Waals surface area (Å²) in [6, 6.07) is 8.08. The second-order valence-corrected chi connectivity index (χ2v) is 4.99. The van der Waals surface area contributed by atoms with Gasteiger partial charge in [0, 0.05) is 26.2 Å². The fourth-order valence-electron chi connectivity index (χ4n) is 2.19. The molecule has 1 aromatic rings. The van der Waals surface area contributed by atoms with Crippen LogP contribution in [-0.4, -0.2) is 37.1 Å². The number of nitrogens with zero attached hydrogens (tertiary/aromatic N) is 1. The van der Waals surface area contributed by atoms with Crippen molar-refractivity contribution in [1.82, 2.24) is 4.90 Å². The molecule has 1 unspecified atom stereocenters. The van der Waals surface area contributed by atoms with Crippen molar-refractivity contribution in [3.8, 4) is 0 Å². The van der Waals surface area contributed by atoms with Crippen molar-refractivity contribution >= 4 is 5.91 Å². The fraction of sp³-hybridized carbons (Fsp3) is 0.562. The van der Waals surface area contributed by atoms with Gasteiger partial charge in [-0.2, -0.15) is 0 Å². The van der Waals surface area contributed by atoms with Crippen LogP contribution in [0.4, 0.5) is 0 Å². The van der Waals surface area contributed by atoms with Crippen LogP contribution in [0.25, 0.3) is 0 Å². The lowest BCUT2D eigenvalue weighted by Crippen LogP contribution is -2.41. The lowest BCUT2D eigenvalue weighted by atomic mass is 10.0. The highest BCUT2D eigenvalue weighted by atomic mass is 16.5. The van der Waals surface area contributed by atoms with Gasteiger partial charge in [0.25, 0.3) is 0 Å². The minimum atomic E-state index is 0.136. The van der Waals surface area contributed by atoms with E-state index in [1.165, 1.54) is 0 Å². The van der Waals surface area contributed by atoms with Crippen LogP contribution in [0.2, 0.25) is 0 Å². The summed E-state index contributed by atoms with van der Waals surface area (Å²) in [7, 11) is 1.66. The molecule has 1 amide bonds. The van der Waals surface area contributed by atoms with Crippen LogP contribution >= 0.6 is 0 Å². The van der Waals surface area contributed by atoms with Crippen LogP contribution in [-0.2, 0) is 22.5 Å². The Morgan fingerprint density at radius 3 is 2.55 bits per heavy atom. The van der Waals surface area contributed by atoms with Crippen LogP contribution in [0.3, 0.4) is 0 Å². The second-order valence-electron chi connectivity index (χ2n) is 4.99. The summed E-state index contributed by atoms with van der Waals surface area (Å²) in [6.45, 7) is 5.82. The number of hydrogen-bond acceptors (Lipinski definition) is 3. The second kappa shape index (κ2) is 8.72. The predicted octanol–water partition coefficient (Wildman–Crippen LogP) is 1.96. The monoisotopic (exact) mass is 278 g/mol. The molecule has 0 aliphatic carbocycles. The summed E-state index contributed by atoms with van der Waals surface area (Å²) in [5.74, 6) is 0.136. The van der Waals surface area contributed by atoms with E-state index in [9.17, 15) is 4.79 Å². The smallest absolute Gasteiger partial charge is 0.227 e. The average molecular weight is 278 g/mol. The number of benzene rings is 1. The number of hydrogen-bond donors (Lipinski definition) is 1. The highest BCUT2D eigenvalue weighted by Crippen LogP contribution is 2.12. The zero-order valence-corrected chi connectivity index (χ0v) is 12.8. The summed E-state index contributed by atoms with van der Waals surface area (Å²) in [5, 5.41) is 0. The van der Waals surface area contributed by atoms with Gasteiger partial charge in [-0.1, -0.05) is 31.2 Å². The number of ether oxygens (including phenoxy) is 1. The van der Waals surface area contributed by atoms with Gasteiger partial charge in [0.15, 0.2) is 0 Å². The Balaban J connectivity index is 2.79. The van der Waals surface area contributed by atoms with E-state index in [0.29, 0.717) is 26.1 Å². The van der Waals surface area contributed by atoms with E-state index in [-0.39, 0.29) is 11.9 Å². The molecule has 1 aromatic carbocycles. The summed E-state index contributed by atoms with van der Waals surface area (Å²) < 4.78 is 5.10. The van der Waals surface area contributed by atoms with E-state index in [2.05, 4.69) is 13.8 Å². The molecule has 4 nitrogen and oxygen atoms in total. The predicted molar refractivity (Wildman–Crippen MR) is 81.4 cm³/mol. The Morgan fingerprint density at radius 1 is 1.35 bits per heavy atom. The molecule has 0 aromatic heterocycles. The van der Waals surface area contributed by atoms with E-state index < -0.39 is 0 Å². The van der Waals surface area contributed by atoms with Crippen molar-refractivity contribution in [3.63, 3.8) is 0 Å². The molecular weight excluding hydrogens is 252 g/mol. The first-order valence-electron chi connectivity index (χ1n) is 7.19. The van der Waals surface area contributed by atoms with Gasteiger partial charge in [0.1, 0.15) is 0 Å². The minimum Gasteiger partial charge on any atom is -0.383 e.